The van der Waals surface area contributed by atoms with Gasteiger partial charge in [0, 0.05) is 31.5 Å². The zero-order valence-electron chi connectivity index (χ0n) is 11.4. The maximum Gasteiger partial charge on any atom is 0.120 e. The van der Waals surface area contributed by atoms with Crippen molar-refractivity contribution in [2.75, 3.05) is 44.9 Å². The molecule has 1 rings (SSSR count). The topological polar surface area (TPSA) is 47.7 Å². The maximum absolute atomic E-state index is 5.58. The second-order valence-electron chi connectivity index (χ2n) is 4.03. The molecule has 0 atom stereocenters. The van der Waals surface area contributed by atoms with Gasteiger partial charge in [0.25, 0.3) is 0 Å². The van der Waals surface area contributed by atoms with Gasteiger partial charge < -0.3 is 20.1 Å². The molecule has 1 aromatic carbocycles. The second-order valence-corrected chi connectivity index (χ2v) is 4.03. The first-order valence-corrected chi connectivity index (χ1v) is 6.48. The molecule has 2 N–H and O–H groups in total. The fourth-order valence-corrected chi connectivity index (χ4v) is 1.78. The highest BCUT2D eigenvalue weighted by molar-refractivity contribution is 5.50. The van der Waals surface area contributed by atoms with Crippen molar-refractivity contribution in [1.82, 2.24) is 0 Å². The monoisotopic (exact) mass is 252 g/mol. The van der Waals surface area contributed by atoms with E-state index in [1.165, 1.54) is 0 Å². The van der Waals surface area contributed by atoms with Crippen LogP contribution >= 0.6 is 0 Å². The Morgan fingerprint density at radius 3 is 2.78 bits per heavy atom. The molecule has 0 aromatic heterocycles. The average Bonchev–Trinajstić information content (AvgIpc) is 2.42. The van der Waals surface area contributed by atoms with Gasteiger partial charge in [-0.25, -0.2) is 0 Å². The van der Waals surface area contributed by atoms with Crippen LogP contribution < -0.4 is 15.4 Å². The van der Waals surface area contributed by atoms with Crippen LogP contribution in [0.3, 0.4) is 0 Å². The Bertz CT molecular complexity index is 331. The van der Waals surface area contributed by atoms with E-state index in [2.05, 4.69) is 11.0 Å². The number of nitrogens with zero attached hydrogens (tertiary/aromatic N) is 1. The molecule has 18 heavy (non-hydrogen) atoms. The van der Waals surface area contributed by atoms with Gasteiger partial charge in [0.1, 0.15) is 5.75 Å². The molecule has 1 aromatic rings. The summed E-state index contributed by atoms with van der Waals surface area (Å²) in [5, 5.41) is 0. The molecule has 0 radical (unpaired) electrons. The van der Waals surface area contributed by atoms with Crippen molar-refractivity contribution in [2.24, 2.45) is 5.73 Å². The van der Waals surface area contributed by atoms with E-state index in [0.717, 1.165) is 44.2 Å². The van der Waals surface area contributed by atoms with Crippen LogP contribution in [-0.4, -0.2) is 40.0 Å². The Hall–Kier alpha value is -1.26. The number of ether oxygens (including phenoxy) is 2. The van der Waals surface area contributed by atoms with E-state index in [1.807, 2.05) is 25.1 Å². The minimum absolute atomic E-state index is 0.703. The Morgan fingerprint density at radius 2 is 2.11 bits per heavy atom. The number of rotatable bonds is 9. The van der Waals surface area contributed by atoms with Gasteiger partial charge in [-0.2, -0.15) is 0 Å². The SMILES string of the molecule is CCOCCN(CCCN)c1cccc(OC)c1. The van der Waals surface area contributed by atoms with Gasteiger partial charge in [-0.1, -0.05) is 6.07 Å². The predicted molar refractivity (Wildman–Crippen MR) is 75.4 cm³/mol. The van der Waals surface area contributed by atoms with Gasteiger partial charge in [-0.15, -0.1) is 0 Å². The summed E-state index contributed by atoms with van der Waals surface area (Å²) in [6, 6.07) is 8.09. The van der Waals surface area contributed by atoms with Crippen molar-refractivity contribution in [3.63, 3.8) is 0 Å². The van der Waals surface area contributed by atoms with Crippen LogP contribution in [0.15, 0.2) is 24.3 Å². The largest absolute Gasteiger partial charge is 0.497 e. The third kappa shape index (κ3) is 4.94. The highest BCUT2D eigenvalue weighted by atomic mass is 16.5. The molecule has 0 aliphatic carbocycles. The van der Waals surface area contributed by atoms with Crippen LogP contribution in [0, 0.1) is 0 Å². The summed E-state index contributed by atoms with van der Waals surface area (Å²) in [6.07, 6.45) is 0.976. The van der Waals surface area contributed by atoms with E-state index < -0.39 is 0 Å². The molecule has 0 spiro atoms. The lowest BCUT2D eigenvalue weighted by Gasteiger charge is -2.25. The Morgan fingerprint density at radius 1 is 1.28 bits per heavy atom. The van der Waals surface area contributed by atoms with Gasteiger partial charge in [0.2, 0.25) is 0 Å². The highest BCUT2D eigenvalue weighted by Crippen LogP contribution is 2.20. The van der Waals surface area contributed by atoms with E-state index in [4.69, 9.17) is 15.2 Å². The molecule has 0 saturated carbocycles. The lowest BCUT2D eigenvalue weighted by molar-refractivity contribution is 0.154. The molecule has 4 nitrogen and oxygen atoms in total. The zero-order valence-corrected chi connectivity index (χ0v) is 11.4. The van der Waals surface area contributed by atoms with Gasteiger partial charge in [0.15, 0.2) is 0 Å². The van der Waals surface area contributed by atoms with E-state index >= 15 is 0 Å². The van der Waals surface area contributed by atoms with E-state index in [-0.39, 0.29) is 0 Å². The molecule has 0 amide bonds. The molecule has 0 fully saturated rings. The average molecular weight is 252 g/mol. The van der Waals surface area contributed by atoms with Crippen LogP contribution in [0.4, 0.5) is 5.69 Å². The fraction of sp³-hybridized carbons (Fsp3) is 0.571. The van der Waals surface area contributed by atoms with Crippen LogP contribution in [0.25, 0.3) is 0 Å². The summed E-state index contributed by atoms with van der Waals surface area (Å²) in [4.78, 5) is 2.28. The van der Waals surface area contributed by atoms with Gasteiger partial charge in [0.05, 0.1) is 13.7 Å². The first-order chi connectivity index (χ1) is 8.81. The number of hydrogen-bond acceptors (Lipinski definition) is 4. The van der Waals surface area contributed by atoms with Crippen LogP contribution in [0.2, 0.25) is 0 Å². The fourth-order valence-electron chi connectivity index (χ4n) is 1.78. The molecule has 0 saturated heterocycles. The minimum atomic E-state index is 0.703. The van der Waals surface area contributed by atoms with Crippen molar-refractivity contribution in [2.45, 2.75) is 13.3 Å². The maximum atomic E-state index is 5.58. The van der Waals surface area contributed by atoms with Crippen molar-refractivity contribution < 1.29 is 9.47 Å². The smallest absolute Gasteiger partial charge is 0.120 e. The number of benzene rings is 1. The molecule has 102 valence electrons. The highest BCUT2D eigenvalue weighted by Gasteiger charge is 2.06. The van der Waals surface area contributed by atoms with Crippen molar-refractivity contribution in [3.8, 4) is 5.75 Å². The van der Waals surface area contributed by atoms with Gasteiger partial charge in [-0.05, 0) is 32.0 Å². The van der Waals surface area contributed by atoms with E-state index in [0.29, 0.717) is 6.54 Å². The molecule has 4 heteroatoms. The molecular formula is C14H24N2O2. The Kier molecular flexibility index (Phi) is 7.22. The molecular weight excluding hydrogens is 228 g/mol. The second kappa shape index (κ2) is 8.78. The summed E-state index contributed by atoms with van der Waals surface area (Å²) in [7, 11) is 1.68. The van der Waals surface area contributed by atoms with E-state index in [1.54, 1.807) is 7.11 Å². The van der Waals surface area contributed by atoms with Crippen molar-refractivity contribution >= 4 is 5.69 Å². The van der Waals surface area contributed by atoms with Crippen molar-refractivity contribution in [3.05, 3.63) is 24.3 Å². The third-order valence-electron chi connectivity index (χ3n) is 2.76. The Labute approximate surface area is 110 Å². The molecule has 0 unspecified atom stereocenters. The zero-order chi connectivity index (χ0) is 13.2. The number of methoxy groups -OCH3 is 1. The minimum Gasteiger partial charge on any atom is -0.497 e. The van der Waals surface area contributed by atoms with Gasteiger partial charge in [-0.3, -0.25) is 0 Å². The quantitative estimate of drug-likeness (QED) is 0.682. The van der Waals surface area contributed by atoms with Crippen molar-refractivity contribution in [1.29, 1.82) is 0 Å². The normalized spacial score (nSPS) is 10.4. The third-order valence-corrected chi connectivity index (χ3v) is 2.76. The number of nitrogens with two attached hydrogens (primary N) is 1. The summed E-state index contributed by atoms with van der Waals surface area (Å²) >= 11 is 0. The molecule has 0 bridgehead atoms. The van der Waals surface area contributed by atoms with Crippen LogP contribution in [0.1, 0.15) is 13.3 Å². The van der Waals surface area contributed by atoms with Gasteiger partial charge >= 0.3 is 0 Å². The summed E-state index contributed by atoms with van der Waals surface area (Å²) in [5.41, 5.74) is 6.74. The first-order valence-electron chi connectivity index (χ1n) is 6.48. The lowest BCUT2D eigenvalue weighted by Crippen LogP contribution is -2.29. The molecule has 0 aliphatic heterocycles. The van der Waals surface area contributed by atoms with Crippen LogP contribution in [-0.2, 0) is 4.74 Å². The standard InChI is InChI=1S/C14H24N2O2/c1-3-18-11-10-16(9-5-8-15)13-6-4-7-14(12-13)17-2/h4,6-7,12H,3,5,8-11,15H2,1-2H3. The lowest BCUT2D eigenvalue weighted by atomic mass is 10.2. The predicted octanol–water partition coefficient (Wildman–Crippen LogP) is 1.89. The Balaban J connectivity index is 2.66. The summed E-state index contributed by atoms with van der Waals surface area (Å²) in [6.45, 7) is 6.02. The summed E-state index contributed by atoms with van der Waals surface area (Å²) < 4.78 is 10.7. The molecule has 0 heterocycles. The number of anilines is 1. The van der Waals surface area contributed by atoms with E-state index in [9.17, 15) is 0 Å². The summed E-state index contributed by atoms with van der Waals surface area (Å²) in [5.74, 6) is 0.877. The number of hydrogen-bond donors (Lipinski definition) is 1. The first kappa shape index (κ1) is 14.8. The molecule has 0 aliphatic rings. The van der Waals surface area contributed by atoms with Crippen LogP contribution in [0.5, 0.6) is 5.75 Å².